The zero-order valence-corrected chi connectivity index (χ0v) is 11.4. The highest BCUT2D eigenvalue weighted by Crippen LogP contribution is 2.26. The van der Waals surface area contributed by atoms with E-state index in [9.17, 15) is 18.0 Å². The Morgan fingerprint density at radius 2 is 1.90 bits per heavy atom. The van der Waals surface area contributed by atoms with Crippen molar-refractivity contribution in [3.05, 3.63) is 36.2 Å². The fraction of sp³-hybridized carbons (Fsp3) is 0.250. The third kappa shape index (κ3) is 4.22. The van der Waals surface area contributed by atoms with E-state index in [0.29, 0.717) is 5.69 Å². The quantitative estimate of drug-likeness (QED) is 0.858. The predicted octanol–water partition coefficient (Wildman–Crippen LogP) is 2.55. The highest BCUT2D eigenvalue weighted by atomic mass is 32.2. The maximum Gasteiger partial charge on any atom is 0.396 e. The number of carboxylic acids is 1. The number of nitrogens with zero attached hydrogens (tertiary/aromatic N) is 3. The largest absolute Gasteiger partial charge is 0.481 e. The van der Waals surface area contributed by atoms with Gasteiger partial charge in [-0.3, -0.25) is 9.36 Å². The zero-order valence-electron chi connectivity index (χ0n) is 10.5. The van der Waals surface area contributed by atoms with E-state index in [4.69, 9.17) is 5.11 Å². The van der Waals surface area contributed by atoms with Crippen LogP contribution in [0, 0.1) is 0 Å². The lowest BCUT2D eigenvalue weighted by Gasteiger charge is -2.11. The number of carboxylic acid groups (broad SMARTS) is 1. The predicted molar refractivity (Wildman–Crippen MR) is 69.5 cm³/mol. The van der Waals surface area contributed by atoms with E-state index in [1.54, 1.807) is 30.3 Å². The fourth-order valence-electron chi connectivity index (χ4n) is 1.65. The first-order chi connectivity index (χ1) is 9.87. The summed E-state index contributed by atoms with van der Waals surface area (Å²) in [6.07, 6.45) is -5.66. The molecule has 9 heteroatoms. The summed E-state index contributed by atoms with van der Waals surface area (Å²) in [5.74, 6) is -1.67. The number of aliphatic carboxylic acids is 1. The van der Waals surface area contributed by atoms with Crippen molar-refractivity contribution in [2.45, 2.75) is 17.8 Å². The van der Waals surface area contributed by atoms with Gasteiger partial charge in [0.2, 0.25) is 0 Å². The summed E-state index contributed by atoms with van der Waals surface area (Å²) in [6, 6.07) is 8.26. The minimum absolute atomic E-state index is 0.114. The van der Waals surface area contributed by atoms with Gasteiger partial charge in [-0.15, -0.1) is 10.2 Å². The summed E-state index contributed by atoms with van der Waals surface area (Å²) in [7, 11) is 0. The molecule has 0 saturated carbocycles. The Morgan fingerprint density at radius 1 is 1.24 bits per heavy atom. The van der Waals surface area contributed by atoms with Gasteiger partial charge in [0.05, 0.1) is 5.75 Å². The van der Waals surface area contributed by atoms with Crippen LogP contribution in [0.15, 0.2) is 35.5 Å². The number of thioether (sulfide) groups is 1. The lowest BCUT2D eigenvalue weighted by molar-refractivity contribution is -0.134. The van der Waals surface area contributed by atoms with Gasteiger partial charge in [0.1, 0.15) is 12.2 Å². The van der Waals surface area contributed by atoms with Crippen molar-refractivity contribution in [2.24, 2.45) is 0 Å². The Kier molecular flexibility index (Phi) is 4.51. The van der Waals surface area contributed by atoms with Crippen LogP contribution in [-0.4, -0.2) is 37.8 Å². The van der Waals surface area contributed by atoms with Crippen LogP contribution >= 0.6 is 11.8 Å². The van der Waals surface area contributed by atoms with Gasteiger partial charge in [-0.2, -0.15) is 13.2 Å². The molecule has 1 aromatic carbocycles. The second kappa shape index (κ2) is 6.17. The molecule has 0 atom stereocenters. The van der Waals surface area contributed by atoms with Crippen molar-refractivity contribution >= 4 is 17.7 Å². The Labute approximate surface area is 121 Å². The molecule has 0 aliphatic heterocycles. The average molecular weight is 317 g/mol. The van der Waals surface area contributed by atoms with Crippen molar-refractivity contribution in [3.63, 3.8) is 0 Å². The first kappa shape index (κ1) is 15.4. The van der Waals surface area contributed by atoms with E-state index in [0.717, 1.165) is 11.8 Å². The lowest BCUT2D eigenvalue weighted by atomic mass is 10.3. The van der Waals surface area contributed by atoms with Gasteiger partial charge in [-0.25, -0.2) is 0 Å². The van der Waals surface area contributed by atoms with Crippen molar-refractivity contribution < 1.29 is 23.1 Å². The normalized spacial score (nSPS) is 11.6. The van der Waals surface area contributed by atoms with E-state index in [1.165, 1.54) is 4.57 Å². The summed E-state index contributed by atoms with van der Waals surface area (Å²) in [4.78, 5) is 10.6. The van der Waals surface area contributed by atoms with E-state index < -0.39 is 18.6 Å². The molecule has 112 valence electrons. The van der Waals surface area contributed by atoms with Gasteiger partial charge in [0.15, 0.2) is 5.16 Å². The SMILES string of the molecule is O=C(O)CSc1nnc(CC(F)(F)F)n1-c1ccccc1. The number of alkyl halides is 3. The van der Waals surface area contributed by atoms with Crippen molar-refractivity contribution in [3.8, 4) is 5.69 Å². The van der Waals surface area contributed by atoms with Crippen LogP contribution in [-0.2, 0) is 11.2 Å². The van der Waals surface area contributed by atoms with Crippen LogP contribution < -0.4 is 0 Å². The van der Waals surface area contributed by atoms with E-state index in [1.807, 2.05) is 0 Å². The van der Waals surface area contributed by atoms with Crippen LogP contribution in [0.2, 0.25) is 0 Å². The molecule has 1 N–H and O–H groups in total. The van der Waals surface area contributed by atoms with Crippen molar-refractivity contribution in [1.29, 1.82) is 0 Å². The summed E-state index contributed by atoms with van der Waals surface area (Å²) in [5.41, 5.74) is 0.453. The fourth-order valence-corrected chi connectivity index (χ4v) is 2.34. The zero-order chi connectivity index (χ0) is 15.5. The minimum Gasteiger partial charge on any atom is -0.481 e. The third-order valence-corrected chi connectivity index (χ3v) is 3.31. The summed E-state index contributed by atoms with van der Waals surface area (Å²) in [5, 5.41) is 16.0. The number of hydrogen-bond acceptors (Lipinski definition) is 4. The molecule has 1 heterocycles. The Hall–Kier alpha value is -2.03. The second-order valence-electron chi connectivity index (χ2n) is 4.04. The second-order valence-corrected chi connectivity index (χ2v) is 4.99. The molecule has 0 fully saturated rings. The van der Waals surface area contributed by atoms with Crippen LogP contribution in [0.3, 0.4) is 0 Å². The van der Waals surface area contributed by atoms with Gasteiger partial charge in [-0.05, 0) is 12.1 Å². The molecule has 0 saturated heterocycles. The molecule has 5 nitrogen and oxygen atoms in total. The molecule has 0 aliphatic rings. The third-order valence-electron chi connectivity index (χ3n) is 2.40. The van der Waals surface area contributed by atoms with Gasteiger partial charge in [-0.1, -0.05) is 30.0 Å². The maximum atomic E-state index is 12.6. The van der Waals surface area contributed by atoms with E-state index >= 15 is 0 Å². The monoisotopic (exact) mass is 317 g/mol. The Bertz CT molecular complexity index is 628. The van der Waals surface area contributed by atoms with Crippen molar-refractivity contribution in [1.82, 2.24) is 14.8 Å². The molecule has 0 bridgehead atoms. The van der Waals surface area contributed by atoms with Gasteiger partial charge < -0.3 is 5.11 Å². The Balaban J connectivity index is 2.40. The molecular formula is C12H10F3N3O2S. The summed E-state index contributed by atoms with van der Waals surface area (Å²) < 4.78 is 39.0. The first-order valence-corrected chi connectivity index (χ1v) is 6.76. The molecule has 0 unspecified atom stereocenters. The van der Waals surface area contributed by atoms with Gasteiger partial charge in [0.25, 0.3) is 0 Å². The number of carbonyl (C=O) groups is 1. The highest BCUT2D eigenvalue weighted by Gasteiger charge is 2.32. The Morgan fingerprint density at radius 3 is 2.48 bits per heavy atom. The number of para-hydroxylation sites is 1. The molecule has 21 heavy (non-hydrogen) atoms. The number of hydrogen-bond donors (Lipinski definition) is 1. The molecular weight excluding hydrogens is 307 g/mol. The van der Waals surface area contributed by atoms with E-state index in [2.05, 4.69) is 10.2 Å². The topological polar surface area (TPSA) is 68.0 Å². The van der Waals surface area contributed by atoms with Crippen LogP contribution in [0.4, 0.5) is 13.2 Å². The van der Waals surface area contributed by atoms with Gasteiger partial charge in [0, 0.05) is 5.69 Å². The maximum absolute atomic E-state index is 12.6. The molecule has 0 spiro atoms. The summed E-state index contributed by atoms with van der Waals surface area (Å²) in [6.45, 7) is 0. The summed E-state index contributed by atoms with van der Waals surface area (Å²) >= 11 is 0.819. The molecule has 2 rings (SSSR count). The number of rotatable bonds is 5. The standard InChI is InChI=1S/C12H10F3N3O2S/c13-12(14,15)6-9-16-17-11(21-7-10(19)20)18(9)8-4-2-1-3-5-8/h1-5H,6-7H2,(H,19,20). The first-order valence-electron chi connectivity index (χ1n) is 5.78. The van der Waals surface area contributed by atoms with Crippen LogP contribution in [0.1, 0.15) is 5.82 Å². The molecule has 2 aromatic rings. The van der Waals surface area contributed by atoms with Crippen LogP contribution in [0.5, 0.6) is 0 Å². The number of aromatic nitrogens is 3. The lowest BCUT2D eigenvalue weighted by Crippen LogP contribution is -2.16. The smallest absolute Gasteiger partial charge is 0.396 e. The molecule has 0 amide bonds. The number of halogens is 3. The highest BCUT2D eigenvalue weighted by molar-refractivity contribution is 7.99. The number of benzene rings is 1. The minimum atomic E-state index is -4.42. The van der Waals surface area contributed by atoms with E-state index in [-0.39, 0.29) is 16.7 Å². The molecule has 0 aliphatic carbocycles. The molecule has 1 aromatic heterocycles. The van der Waals surface area contributed by atoms with Gasteiger partial charge >= 0.3 is 12.1 Å². The molecule has 0 radical (unpaired) electrons. The van der Waals surface area contributed by atoms with Crippen LogP contribution in [0.25, 0.3) is 5.69 Å². The average Bonchev–Trinajstić information content (AvgIpc) is 2.78. The van der Waals surface area contributed by atoms with Crippen molar-refractivity contribution in [2.75, 3.05) is 5.75 Å².